The van der Waals surface area contributed by atoms with Crippen LogP contribution >= 0.6 is 11.6 Å². The number of hydrogen-bond donors (Lipinski definition) is 1. The lowest BCUT2D eigenvalue weighted by atomic mass is 9.72. The Balaban J connectivity index is 1.83. The molecule has 23 heavy (non-hydrogen) atoms. The lowest BCUT2D eigenvalue weighted by Gasteiger charge is -2.41. The van der Waals surface area contributed by atoms with Crippen LogP contribution in [0, 0.1) is 6.92 Å². The van der Waals surface area contributed by atoms with Gasteiger partial charge in [0.25, 0.3) is 0 Å². The van der Waals surface area contributed by atoms with Gasteiger partial charge in [-0.2, -0.15) is 0 Å². The van der Waals surface area contributed by atoms with E-state index in [1.165, 1.54) is 5.56 Å². The second-order valence-corrected chi connectivity index (χ2v) is 6.82. The monoisotopic (exact) mass is 330 g/mol. The van der Waals surface area contributed by atoms with Crippen LogP contribution in [0.1, 0.15) is 24.2 Å². The molecule has 2 heterocycles. The summed E-state index contributed by atoms with van der Waals surface area (Å²) in [5.74, 6) is 1.46. The number of nitrogens with zero attached hydrogens (tertiary/aromatic N) is 3. The van der Waals surface area contributed by atoms with E-state index in [1.807, 2.05) is 6.92 Å². The Morgan fingerprint density at radius 1 is 1.22 bits per heavy atom. The van der Waals surface area contributed by atoms with Crippen LogP contribution < -0.4 is 5.32 Å². The molecule has 0 atom stereocenters. The highest BCUT2D eigenvalue weighted by molar-refractivity contribution is 6.32. The first-order valence-electron chi connectivity index (χ1n) is 8.06. The fourth-order valence-corrected chi connectivity index (χ4v) is 3.40. The van der Waals surface area contributed by atoms with E-state index in [0.717, 1.165) is 44.1 Å². The summed E-state index contributed by atoms with van der Waals surface area (Å²) in [6.45, 7) is 4.92. The minimum absolute atomic E-state index is 0.121. The van der Waals surface area contributed by atoms with E-state index in [9.17, 15) is 0 Å². The number of halogens is 1. The number of likely N-dealkylation sites (tertiary alicyclic amines) is 1. The normalized spacial score (nSPS) is 17.9. The van der Waals surface area contributed by atoms with Crippen molar-refractivity contribution in [2.24, 2.45) is 0 Å². The molecule has 4 nitrogen and oxygen atoms in total. The first-order chi connectivity index (χ1) is 11.1. The maximum atomic E-state index is 6.23. The summed E-state index contributed by atoms with van der Waals surface area (Å²) in [4.78, 5) is 11.0. The molecule has 1 aliphatic heterocycles. The van der Waals surface area contributed by atoms with E-state index >= 15 is 0 Å². The second kappa shape index (κ2) is 6.85. The van der Waals surface area contributed by atoms with Gasteiger partial charge in [0, 0.05) is 12.0 Å². The predicted octanol–water partition coefficient (Wildman–Crippen LogP) is 3.51. The summed E-state index contributed by atoms with van der Waals surface area (Å²) in [7, 11) is 2.19. The molecular weight excluding hydrogens is 308 g/mol. The van der Waals surface area contributed by atoms with E-state index in [4.69, 9.17) is 11.6 Å². The topological polar surface area (TPSA) is 41.1 Å². The third-order valence-corrected chi connectivity index (χ3v) is 5.07. The number of nitrogens with one attached hydrogen (secondary N) is 1. The lowest BCUT2D eigenvalue weighted by molar-refractivity contribution is 0.195. The molecule has 1 aliphatic rings. The fraction of sp³-hybridized carbons (Fsp3) is 0.444. The van der Waals surface area contributed by atoms with Crippen LogP contribution in [0.2, 0.25) is 5.02 Å². The molecule has 1 N–H and O–H groups in total. The van der Waals surface area contributed by atoms with Crippen molar-refractivity contribution in [2.45, 2.75) is 25.2 Å². The number of hydrogen-bond acceptors (Lipinski definition) is 4. The summed E-state index contributed by atoms with van der Waals surface area (Å²) >= 11 is 6.23. The van der Waals surface area contributed by atoms with Crippen LogP contribution in [0.25, 0.3) is 0 Å². The van der Waals surface area contributed by atoms with E-state index < -0.39 is 0 Å². The van der Waals surface area contributed by atoms with Crippen LogP contribution in [0.15, 0.2) is 36.5 Å². The molecule has 0 spiro atoms. The average Bonchev–Trinajstić information content (AvgIpc) is 2.58. The second-order valence-electron chi connectivity index (χ2n) is 6.42. The van der Waals surface area contributed by atoms with E-state index in [1.54, 1.807) is 6.20 Å². The largest absolute Gasteiger partial charge is 0.368 e. The number of aromatic nitrogens is 2. The minimum Gasteiger partial charge on any atom is -0.368 e. The SMILES string of the molecule is Cc1ncc(Cl)c(NCC2(c3ccccc3)CCN(C)CC2)n1. The zero-order valence-electron chi connectivity index (χ0n) is 13.7. The first-order valence-corrected chi connectivity index (χ1v) is 8.44. The number of aryl methyl sites for hydroxylation is 1. The third-order valence-electron chi connectivity index (χ3n) is 4.79. The molecule has 5 heteroatoms. The van der Waals surface area contributed by atoms with Crippen molar-refractivity contribution in [2.75, 3.05) is 32.0 Å². The number of anilines is 1. The number of rotatable bonds is 4. The molecule has 0 bridgehead atoms. The zero-order valence-corrected chi connectivity index (χ0v) is 14.5. The van der Waals surface area contributed by atoms with Gasteiger partial charge in [0.1, 0.15) is 16.7 Å². The van der Waals surface area contributed by atoms with Crippen LogP contribution in [0.4, 0.5) is 5.82 Å². The van der Waals surface area contributed by atoms with Gasteiger partial charge in [-0.1, -0.05) is 41.9 Å². The van der Waals surface area contributed by atoms with Gasteiger partial charge >= 0.3 is 0 Å². The Kier molecular flexibility index (Phi) is 4.83. The molecule has 0 radical (unpaired) electrons. The van der Waals surface area contributed by atoms with Crippen molar-refractivity contribution in [1.29, 1.82) is 0 Å². The molecule has 1 aromatic heterocycles. The van der Waals surface area contributed by atoms with Crippen molar-refractivity contribution in [3.63, 3.8) is 0 Å². The van der Waals surface area contributed by atoms with E-state index in [2.05, 4.69) is 57.6 Å². The smallest absolute Gasteiger partial charge is 0.148 e. The molecule has 2 aromatic rings. The molecule has 0 saturated carbocycles. The van der Waals surface area contributed by atoms with Crippen molar-refractivity contribution < 1.29 is 0 Å². The molecule has 0 amide bonds. The highest BCUT2D eigenvalue weighted by Crippen LogP contribution is 2.35. The summed E-state index contributed by atoms with van der Waals surface area (Å²) in [6, 6.07) is 10.8. The maximum absolute atomic E-state index is 6.23. The van der Waals surface area contributed by atoms with Gasteiger partial charge in [0.2, 0.25) is 0 Å². The van der Waals surface area contributed by atoms with Gasteiger partial charge < -0.3 is 10.2 Å². The van der Waals surface area contributed by atoms with Crippen LogP contribution in [-0.4, -0.2) is 41.5 Å². The van der Waals surface area contributed by atoms with Gasteiger partial charge in [0.15, 0.2) is 0 Å². The van der Waals surface area contributed by atoms with Crippen molar-refractivity contribution >= 4 is 17.4 Å². The molecule has 1 fully saturated rings. The van der Waals surface area contributed by atoms with Crippen LogP contribution in [-0.2, 0) is 5.41 Å². The number of benzene rings is 1. The molecule has 0 unspecified atom stereocenters. The van der Waals surface area contributed by atoms with Gasteiger partial charge in [-0.15, -0.1) is 0 Å². The van der Waals surface area contributed by atoms with Gasteiger partial charge in [-0.3, -0.25) is 0 Å². The van der Waals surface area contributed by atoms with Crippen molar-refractivity contribution in [1.82, 2.24) is 14.9 Å². The Labute approximate surface area is 142 Å². The number of piperidine rings is 1. The van der Waals surface area contributed by atoms with Crippen molar-refractivity contribution in [3.8, 4) is 0 Å². The Bertz CT molecular complexity index is 651. The first kappa shape index (κ1) is 16.2. The molecule has 3 rings (SSSR count). The Morgan fingerprint density at radius 2 is 1.91 bits per heavy atom. The minimum atomic E-state index is 0.121. The summed E-state index contributed by atoms with van der Waals surface area (Å²) < 4.78 is 0. The van der Waals surface area contributed by atoms with Crippen LogP contribution in [0.3, 0.4) is 0 Å². The highest BCUT2D eigenvalue weighted by Gasteiger charge is 2.35. The maximum Gasteiger partial charge on any atom is 0.148 e. The summed E-state index contributed by atoms with van der Waals surface area (Å²) in [5.41, 5.74) is 1.51. The molecule has 1 aromatic carbocycles. The average molecular weight is 331 g/mol. The van der Waals surface area contributed by atoms with Gasteiger partial charge in [-0.05, 0) is 45.5 Å². The molecule has 1 saturated heterocycles. The van der Waals surface area contributed by atoms with Gasteiger partial charge in [-0.25, -0.2) is 9.97 Å². The Morgan fingerprint density at radius 3 is 2.61 bits per heavy atom. The quantitative estimate of drug-likeness (QED) is 0.931. The lowest BCUT2D eigenvalue weighted by Crippen LogP contribution is -2.45. The summed E-state index contributed by atoms with van der Waals surface area (Å²) in [5, 5.41) is 4.05. The zero-order chi connectivity index (χ0) is 16.3. The predicted molar refractivity (Wildman–Crippen MR) is 95.1 cm³/mol. The molecular formula is C18H23ClN4. The van der Waals surface area contributed by atoms with Crippen LogP contribution in [0.5, 0.6) is 0 Å². The van der Waals surface area contributed by atoms with E-state index in [-0.39, 0.29) is 5.41 Å². The third kappa shape index (κ3) is 3.65. The summed E-state index contributed by atoms with van der Waals surface area (Å²) in [6.07, 6.45) is 3.92. The van der Waals surface area contributed by atoms with Gasteiger partial charge in [0.05, 0.1) is 6.20 Å². The van der Waals surface area contributed by atoms with E-state index in [0.29, 0.717) is 5.02 Å². The fourth-order valence-electron chi connectivity index (χ4n) is 3.24. The molecule has 122 valence electrons. The highest BCUT2D eigenvalue weighted by atomic mass is 35.5. The standard InChI is InChI=1S/C18H23ClN4/c1-14-20-12-16(19)17(22-14)21-13-18(8-10-23(2)11-9-18)15-6-4-3-5-7-15/h3-7,12H,8-11,13H2,1-2H3,(H,20,21,22). The van der Waals surface area contributed by atoms with Crippen molar-refractivity contribution in [3.05, 3.63) is 52.9 Å². The Hall–Kier alpha value is -1.65. The molecule has 0 aliphatic carbocycles.